The zero-order valence-corrected chi connectivity index (χ0v) is 27.1. The van der Waals surface area contributed by atoms with E-state index in [0.717, 1.165) is 0 Å². The molecule has 0 aliphatic heterocycles. The summed E-state index contributed by atoms with van der Waals surface area (Å²) in [6.07, 6.45) is 0. The molecule has 230 valence electrons. The first-order valence-electron chi connectivity index (χ1n) is 17.0. The summed E-state index contributed by atoms with van der Waals surface area (Å²) in [6.45, 7) is 0. The number of hydrogen-bond donors (Lipinski definition) is 0. The zero-order chi connectivity index (χ0) is 32.6. The zero-order valence-electron chi connectivity index (χ0n) is 27.1. The van der Waals surface area contributed by atoms with Crippen LogP contribution in [0.4, 0.5) is 0 Å². The van der Waals surface area contributed by atoms with Gasteiger partial charge in [0.15, 0.2) is 0 Å². The minimum Gasteiger partial charge on any atom is -0.0622 e. The summed E-state index contributed by atoms with van der Waals surface area (Å²) in [7, 11) is 0. The van der Waals surface area contributed by atoms with Crippen LogP contribution in [0.5, 0.6) is 0 Å². The molecule has 0 bridgehead atoms. The molecule has 0 heterocycles. The van der Waals surface area contributed by atoms with Crippen LogP contribution in [0.15, 0.2) is 206 Å². The van der Waals surface area contributed by atoms with Crippen molar-refractivity contribution in [2.24, 2.45) is 0 Å². The van der Waals surface area contributed by atoms with Gasteiger partial charge in [-0.1, -0.05) is 176 Å². The van der Waals surface area contributed by atoms with Crippen molar-refractivity contribution in [2.75, 3.05) is 0 Å². The van der Waals surface area contributed by atoms with Crippen LogP contribution < -0.4 is 0 Å². The van der Waals surface area contributed by atoms with Gasteiger partial charge in [0.05, 0.1) is 5.41 Å². The molecule has 0 spiro atoms. The minimum absolute atomic E-state index is 0.420. The van der Waals surface area contributed by atoms with Gasteiger partial charge in [-0.05, 0) is 108 Å². The number of benzene rings is 8. The first kappa shape index (κ1) is 28.9. The van der Waals surface area contributed by atoms with Gasteiger partial charge < -0.3 is 0 Å². The average molecular weight is 623 g/mol. The fraction of sp³-hybridized carbons (Fsp3) is 0.0204. The van der Waals surface area contributed by atoms with Gasteiger partial charge in [0.2, 0.25) is 0 Å². The van der Waals surface area contributed by atoms with Crippen LogP contribution in [0, 0.1) is 0 Å². The Morgan fingerprint density at radius 1 is 0.224 bits per heavy atom. The van der Waals surface area contributed by atoms with Gasteiger partial charge >= 0.3 is 0 Å². The van der Waals surface area contributed by atoms with E-state index in [2.05, 4.69) is 206 Å². The second-order valence-corrected chi connectivity index (χ2v) is 12.9. The van der Waals surface area contributed by atoms with Crippen molar-refractivity contribution < 1.29 is 0 Å². The van der Waals surface area contributed by atoms with Crippen molar-refractivity contribution >= 4 is 0 Å². The van der Waals surface area contributed by atoms with Crippen molar-refractivity contribution in [3.8, 4) is 55.6 Å². The highest BCUT2D eigenvalue weighted by Crippen LogP contribution is 2.56. The Bertz CT molecular complexity index is 2320. The van der Waals surface area contributed by atoms with Gasteiger partial charge in [-0.25, -0.2) is 0 Å². The molecule has 0 nitrogen and oxygen atoms in total. The molecular weight excluding hydrogens is 589 g/mol. The summed E-state index contributed by atoms with van der Waals surface area (Å²) in [6, 6.07) is 75.5. The van der Waals surface area contributed by atoms with E-state index in [-0.39, 0.29) is 0 Å². The molecule has 0 fully saturated rings. The second-order valence-electron chi connectivity index (χ2n) is 12.9. The van der Waals surface area contributed by atoms with E-state index in [4.69, 9.17) is 0 Å². The smallest absolute Gasteiger partial charge is 0.0622 e. The molecule has 0 heteroatoms. The molecule has 0 radical (unpaired) electrons. The Hall–Kier alpha value is -6.24. The van der Waals surface area contributed by atoms with Crippen LogP contribution in [-0.2, 0) is 5.41 Å². The summed E-state index contributed by atoms with van der Waals surface area (Å²) in [5, 5.41) is 0. The summed E-state index contributed by atoms with van der Waals surface area (Å²) < 4.78 is 0. The quantitative estimate of drug-likeness (QED) is 0.173. The Morgan fingerprint density at radius 3 is 1.12 bits per heavy atom. The van der Waals surface area contributed by atoms with E-state index in [9.17, 15) is 0 Å². The van der Waals surface area contributed by atoms with Crippen molar-refractivity contribution in [2.45, 2.75) is 5.41 Å². The van der Waals surface area contributed by atoms with E-state index in [1.165, 1.54) is 77.9 Å². The first-order valence-corrected chi connectivity index (χ1v) is 17.0. The fourth-order valence-electron chi connectivity index (χ4n) is 7.91. The van der Waals surface area contributed by atoms with Gasteiger partial charge in [0.25, 0.3) is 0 Å². The van der Waals surface area contributed by atoms with Crippen molar-refractivity contribution in [1.82, 2.24) is 0 Å². The molecule has 0 saturated carbocycles. The Labute approximate surface area is 288 Å². The monoisotopic (exact) mass is 622 g/mol. The van der Waals surface area contributed by atoms with Gasteiger partial charge in [0, 0.05) is 0 Å². The molecule has 1 aliphatic carbocycles. The van der Waals surface area contributed by atoms with Gasteiger partial charge in [0.1, 0.15) is 0 Å². The lowest BCUT2D eigenvalue weighted by Gasteiger charge is -2.34. The Morgan fingerprint density at radius 2 is 0.571 bits per heavy atom. The number of rotatable bonds is 6. The molecule has 0 atom stereocenters. The lowest BCUT2D eigenvalue weighted by atomic mass is 9.67. The molecule has 1 aliphatic rings. The van der Waals surface area contributed by atoms with E-state index >= 15 is 0 Å². The van der Waals surface area contributed by atoms with Crippen LogP contribution in [-0.4, -0.2) is 0 Å². The van der Waals surface area contributed by atoms with Crippen LogP contribution in [0.2, 0.25) is 0 Å². The Balaban J connectivity index is 1.20. The van der Waals surface area contributed by atoms with Crippen LogP contribution in [0.1, 0.15) is 22.3 Å². The van der Waals surface area contributed by atoms with Gasteiger partial charge in [-0.2, -0.15) is 0 Å². The number of fused-ring (bicyclic) bond motifs is 3. The van der Waals surface area contributed by atoms with Gasteiger partial charge in [-0.3, -0.25) is 0 Å². The predicted molar refractivity (Wildman–Crippen MR) is 205 cm³/mol. The van der Waals surface area contributed by atoms with Gasteiger partial charge in [-0.15, -0.1) is 0 Å². The lowest BCUT2D eigenvalue weighted by Crippen LogP contribution is -2.28. The average Bonchev–Trinajstić information content (AvgIpc) is 3.50. The molecule has 0 N–H and O–H groups in total. The second kappa shape index (κ2) is 12.1. The van der Waals surface area contributed by atoms with Crippen molar-refractivity contribution in [3.63, 3.8) is 0 Å². The Kier molecular flexibility index (Phi) is 7.14. The fourth-order valence-corrected chi connectivity index (χ4v) is 7.91. The molecular formula is C49H34. The normalized spacial score (nSPS) is 12.7. The van der Waals surface area contributed by atoms with E-state index < -0.39 is 5.41 Å². The van der Waals surface area contributed by atoms with E-state index in [1.54, 1.807) is 0 Å². The molecule has 8 aromatic carbocycles. The van der Waals surface area contributed by atoms with E-state index in [1.807, 2.05) is 0 Å². The van der Waals surface area contributed by atoms with E-state index in [0.29, 0.717) is 0 Å². The highest BCUT2D eigenvalue weighted by atomic mass is 14.5. The minimum atomic E-state index is -0.420. The largest absolute Gasteiger partial charge is 0.0713 e. The molecule has 0 saturated heterocycles. The summed E-state index contributed by atoms with van der Waals surface area (Å²) in [5.74, 6) is 0. The van der Waals surface area contributed by atoms with Crippen LogP contribution in [0.25, 0.3) is 55.6 Å². The summed E-state index contributed by atoms with van der Waals surface area (Å²) in [4.78, 5) is 0. The first-order chi connectivity index (χ1) is 24.3. The highest BCUT2D eigenvalue weighted by Gasteiger charge is 2.45. The maximum Gasteiger partial charge on any atom is 0.0713 e. The molecule has 8 aromatic rings. The molecule has 0 aromatic heterocycles. The topological polar surface area (TPSA) is 0 Å². The third-order valence-corrected chi connectivity index (χ3v) is 10.1. The van der Waals surface area contributed by atoms with Crippen molar-refractivity contribution in [1.29, 1.82) is 0 Å². The highest BCUT2D eigenvalue weighted by molar-refractivity contribution is 5.87. The molecule has 9 rings (SSSR count). The standard InChI is InChI=1S/C49H34/c1-4-16-35(17-5-1)40-31-41(36-18-6-2-7-19-36)33-42(32-40)38-21-14-20-37(30-38)39-22-15-25-44(34-39)49(43-23-8-3-9-24-43)47-28-12-10-26-45(47)46-27-11-13-29-48(46)49/h1-34H. The maximum absolute atomic E-state index is 2.42. The predicted octanol–water partition coefficient (Wildman–Crippen LogP) is 12.7. The third kappa shape index (κ3) is 4.93. The molecule has 0 unspecified atom stereocenters. The third-order valence-electron chi connectivity index (χ3n) is 10.1. The summed E-state index contributed by atoms with van der Waals surface area (Å²) in [5.41, 5.74) is 17.1. The number of hydrogen-bond acceptors (Lipinski definition) is 0. The summed E-state index contributed by atoms with van der Waals surface area (Å²) >= 11 is 0. The molecule has 0 amide bonds. The lowest BCUT2D eigenvalue weighted by molar-refractivity contribution is 0.769. The van der Waals surface area contributed by atoms with Crippen molar-refractivity contribution in [3.05, 3.63) is 229 Å². The SMILES string of the molecule is c1ccc(-c2cc(-c3ccccc3)cc(-c3cccc(-c4cccc(C5(c6ccccc6)c6ccccc6-c6ccccc65)c4)c3)c2)cc1. The maximum atomic E-state index is 2.42. The van der Waals surface area contributed by atoms with Crippen LogP contribution in [0.3, 0.4) is 0 Å². The van der Waals surface area contributed by atoms with Crippen LogP contribution >= 0.6 is 0 Å². The molecule has 49 heavy (non-hydrogen) atoms.